The summed E-state index contributed by atoms with van der Waals surface area (Å²) >= 11 is 0. The number of fused-ring (bicyclic) bond motifs is 3. The van der Waals surface area contributed by atoms with Crippen LogP contribution in [0.5, 0.6) is 0 Å². The fourth-order valence-electron chi connectivity index (χ4n) is 4.37. The molecule has 2 aromatic carbocycles. The Hall–Kier alpha value is -3.39. The summed E-state index contributed by atoms with van der Waals surface area (Å²) in [6.07, 6.45) is -0.401. The van der Waals surface area contributed by atoms with Crippen LogP contribution in [0.15, 0.2) is 48.5 Å². The monoisotopic (exact) mass is 468 g/mol. The zero-order valence-corrected chi connectivity index (χ0v) is 19.8. The number of nitrogens with one attached hydrogen (secondary N) is 2. The normalized spacial score (nSPS) is 14.9. The lowest BCUT2D eigenvalue weighted by molar-refractivity contribution is -0.147. The van der Waals surface area contributed by atoms with E-state index in [-0.39, 0.29) is 25.5 Å². The number of alkyl carbamates (subject to hydrolysis) is 1. The van der Waals surface area contributed by atoms with Crippen LogP contribution in [0, 0.1) is 0 Å². The number of amides is 2. The molecule has 2 unspecified atom stereocenters. The number of aliphatic carboxylic acids is 1. The van der Waals surface area contributed by atoms with E-state index in [1.807, 2.05) is 43.3 Å². The van der Waals surface area contributed by atoms with Gasteiger partial charge in [-0.05, 0) is 35.6 Å². The molecule has 1 aliphatic carbocycles. The Balaban J connectivity index is 1.52. The molecule has 0 spiro atoms. The number of hydrogen-bond acceptors (Lipinski definition) is 5. The lowest BCUT2D eigenvalue weighted by atomic mass is 9.96. The van der Waals surface area contributed by atoms with Crippen LogP contribution in [0.2, 0.25) is 0 Å². The van der Waals surface area contributed by atoms with Crippen LogP contribution in [0.1, 0.15) is 50.2 Å². The average molecular weight is 469 g/mol. The van der Waals surface area contributed by atoms with Crippen LogP contribution in [-0.2, 0) is 19.1 Å². The molecule has 0 heterocycles. The van der Waals surface area contributed by atoms with E-state index in [0.29, 0.717) is 12.8 Å². The van der Waals surface area contributed by atoms with Crippen molar-refractivity contribution in [1.82, 2.24) is 10.6 Å². The summed E-state index contributed by atoms with van der Waals surface area (Å²) in [7, 11) is 1.43. The largest absolute Gasteiger partial charge is 0.480 e. The Kier molecular flexibility index (Phi) is 8.28. The van der Waals surface area contributed by atoms with Crippen LogP contribution >= 0.6 is 0 Å². The highest BCUT2D eigenvalue weighted by Gasteiger charge is 2.34. The second-order valence-corrected chi connectivity index (χ2v) is 8.70. The number of rotatable bonds is 11. The Morgan fingerprint density at radius 3 is 2.18 bits per heavy atom. The summed E-state index contributed by atoms with van der Waals surface area (Å²) in [6.45, 7) is 3.57. The molecule has 1 aliphatic rings. The minimum Gasteiger partial charge on any atom is -0.480 e. The summed E-state index contributed by atoms with van der Waals surface area (Å²) in [4.78, 5) is 36.3. The van der Waals surface area contributed by atoms with Gasteiger partial charge in [0.25, 0.3) is 0 Å². The summed E-state index contributed by atoms with van der Waals surface area (Å²) < 4.78 is 10.8. The fourth-order valence-corrected chi connectivity index (χ4v) is 4.37. The van der Waals surface area contributed by atoms with Crippen molar-refractivity contribution in [1.29, 1.82) is 0 Å². The van der Waals surface area contributed by atoms with Gasteiger partial charge in [-0.2, -0.15) is 0 Å². The highest BCUT2D eigenvalue weighted by atomic mass is 16.5. The smallest absolute Gasteiger partial charge is 0.407 e. The molecule has 182 valence electrons. The molecule has 0 radical (unpaired) electrons. The van der Waals surface area contributed by atoms with Gasteiger partial charge in [-0.15, -0.1) is 0 Å². The minimum atomic E-state index is -1.34. The van der Waals surface area contributed by atoms with Crippen LogP contribution in [0.4, 0.5) is 4.79 Å². The molecule has 3 rings (SSSR count). The standard InChI is InChI=1S/C26H32N2O6/c1-4-13-26(2,24(30)31)28-23(29)14-17(33-3)15-27-25(32)34-16-22-20-11-7-5-9-18(20)19-10-6-8-12-21(19)22/h5-12,17,22H,4,13-16H2,1-3H3,(H,27,32)(H,28,29)(H,30,31). The molecule has 2 aromatic rings. The van der Waals surface area contributed by atoms with Gasteiger partial charge in [0.2, 0.25) is 5.91 Å². The molecule has 2 amide bonds. The van der Waals surface area contributed by atoms with E-state index in [1.165, 1.54) is 14.0 Å². The highest BCUT2D eigenvalue weighted by molar-refractivity contribution is 5.87. The van der Waals surface area contributed by atoms with Crippen LogP contribution < -0.4 is 10.6 Å². The van der Waals surface area contributed by atoms with Gasteiger partial charge in [0.05, 0.1) is 12.5 Å². The van der Waals surface area contributed by atoms with Crippen molar-refractivity contribution in [3.05, 3.63) is 59.7 Å². The van der Waals surface area contributed by atoms with Crippen molar-refractivity contribution in [2.45, 2.75) is 50.7 Å². The first-order valence-electron chi connectivity index (χ1n) is 11.4. The molecule has 2 atom stereocenters. The Morgan fingerprint density at radius 1 is 1.06 bits per heavy atom. The van der Waals surface area contributed by atoms with Gasteiger partial charge in [0.15, 0.2) is 0 Å². The van der Waals surface area contributed by atoms with Gasteiger partial charge >= 0.3 is 12.1 Å². The van der Waals surface area contributed by atoms with Gasteiger partial charge in [0.1, 0.15) is 12.1 Å². The maximum Gasteiger partial charge on any atom is 0.407 e. The lowest BCUT2D eigenvalue weighted by Gasteiger charge is -2.26. The van der Waals surface area contributed by atoms with Crippen molar-refractivity contribution < 1.29 is 29.0 Å². The molecule has 0 bridgehead atoms. The molecule has 8 heteroatoms. The first-order valence-corrected chi connectivity index (χ1v) is 11.4. The predicted octanol–water partition coefficient (Wildman–Crippen LogP) is 3.69. The number of carboxylic acid groups (broad SMARTS) is 1. The third kappa shape index (κ3) is 5.75. The van der Waals surface area contributed by atoms with E-state index in [4.69, 9.17) is 9.47 Å². The summed E-state index contributed by atoms with van der Waals surface area (Å²) in [6, 6.07) is 16.2. The Bertz CT molecular complexity index is 994. The maximum atomic E-state index is 12.4. The average Bonchev–Trinajstić information content (AvgIpc) is 3.14. The maximum absolute atomic E-state index is 12.4. The Labute approximate surface area is 199 Å². The topological polar surface area (TPSA) is 114 Å². The van der Waals surface area contributed by atoms with E-state index in [9.17, 15) is 19.5 Å². The van der Waals surface area contributed by atoms with Gasteiger partial charge in [0, 0.05) is 19.6 Å². The molecule has 3 N–H and O–H groups in total. The first kappa shape index (κ1) is 25.2. The number of carboxylic acids is 1. The summed E-state index contributed by atoms with van der Waals surface area (Å²) in [5.41, 5.74) is 3.20. The van der Waals surface area contributed by atoms with E-state index in [0.717, 1.165) is 22.3 Å². The van der Waals surface area contributed by atoms with Crippen LogP contribution in [0.25, 0.3) is 11.1 Å². The third-order valence-corrected chi connectivity index (χ3v) is 6.20. The second-order valence-electron chi connectivity index (χ2n) is 8.70. The zero-order valence-electron chi connectivity index (χ0n) is 19.8. The molecule has 0 aromatic heterocycles. The lowest BCUT2D eigenvalue weighted by Crippen LogP contribution is -2.53. The number of hydrogen-bond donors (Lipinski definition) is 3. The SMILES string of the molecule is CCCC(C)(NC(=O)CC(CNC(=O)OCC1c2ccccc2-c2ccccc21)OC)C(=O)O. The fraction of sp³-hybridized carbons (Fsp3) is 0.423. The molecule has 8 nitrogen and oxygen atoms in total. The minimum absolute atomic E-state index is 0.0468. The van der Waals surface area contributed by atoms with Crippen LogP contribution in [-0.4, -0.2) is 55.0 Å². The van der Waals surface area contributed by atoms with Crippen LogP contribution in [0.3, 0.4) is 0 Å². The van der Waals surface area contributed by atoms with Gasteiger partial charge < -0.3 is 25.2 Å². The molecule has 0 saturated carbocycles. The number of ether oxygens (including phenoxy) is 2. The third-order valence-electron chi connectivity index (χ3n) is 6.20. The van der Waals surface area contributed by atoms with Gasteiger partial charge in [-0.3, -0.25) is 4.79 Å². The number of benzene rings is 2. The second kappa shape index (κ2) is 11.2. The zero-order chi connectivity index (χ0) is 24.7. The number of methoxy groups -OCH3 is 1. The van der Waals surface area contributed by atoms with E-state index in [2.05, 4.69) is 22.8 Å². The number of carbonyl (C=O) groups excluding carboxylic acids is 2. The molecular formula is C26H32N2O6. The summed E-state index contributed by atoms with van der Waals surface area (Å²) in [5.74, 6) is -1.60. The highest BCUT2D eigenvalue weighted by Crippen LogP contribution is 2.44. The Morgan fingerprint density at radius 2 is 1.65 bits per heavy atom. The van der Waals surface area contributed by atoms with Crippen molar-refractivity contribution in [2.75, 3.05) is 20.3 Å². The van der Waals surface area contributed by atoms with Crippen molar-refractivity contribution in [3.63, 3.8) is 0 Å². The van der Waals surface area contributed by atoms with Gasteiger partial charge in [-0.1, -0.05) is 61.9 Å². The van der Waals surface area contributed by atoms with Crippen molar-refractivity contribution >= 4 is 18.0 Å². The summed E-state index contributed by atoms with van der Waals surface area (Å²) in [5, 5.41) is 14.6. The first-order chi connectivity index (χ1) is 16.3. The number of carbonyl (C=O) groups is 3. The van der Waals surface area contributed by atoms with E-state index in [1.54, 1.807) is 0 Å². The molecule has 0 aliphatic heterocycles. The molecule has 0 saturated heterocycles. The van der Waals surface area contributed by atoms with Crippen molar-refractivity contribution in [2.24, 2.45) is 0 Å². The van der Waals surface area contributed by atoms with E-state index >= 15 is 0 Å². The van der Waals surface area contributed by atoms with Gasteiger partial charge in [-0.25, -0.2) is 9.59 Å². The van der Waals surface area contributed by atoms with E-state index < -0.39 is 29.6 Å². The van der Waals surface area contributed by atoms with Crippen molar-refractivity contribution in [3.8, 4) is 11.1 Å². The predicted molar refractivity (Wildman–Crippen MR) is 128 cm³/mol. The quantitative estimate of drug-likeness (QED) is 0.464. The molecule has 0 fully saturated rings. The molecular weight excluding hydrogens is 436 g/mol. The molecule has 34 heavy (non-hydrogen) atoms.